The second-order valence-electron chi connectivity index (χ2n) is 5.18. The summed E-state index contributed by atoms with van der Waals surface area (Å²) in [5, 5.41) is 2.70. The van der Waals surface area contributed by atoms with Gasteiger partial charge >= 0.3 is 0 Å². The van der Waals surface area contributed by atoms with E-state index in [1.165, 1.54) is 0 Å². The van der Waals surface area contributed by atoms with Crippen molar-refractivity contribution in [2.75, 3.05) is 13.2 Å². The summed E-state index contributed by atoms with van der Waals surface area (Å²) < 4.78 is 5.46. The van der Waals surface area contributed by atoms with Gasteiger partial charge in [0.1, 0.15) is 0 Å². The Bertz CT molecular complexity index is 452. The number of rotatable bonds is 7. The van der Waals surface area contributed by atoms with Gasteiger partial charge in [-0.3, -0.25) is 9.59 Å². The summed E-state index contributed by atoms with van der Waals surface area (Å²) in [6, 6.07) is 9.01. The van der Waals surface area contributed by atoms with Crippen LogP contribution < -0.4 is 5.32 Å². The molecular formula is C16H21NO3. The van der Waals surface area contributed by atoms with Gasteiger partial charge in [-0.05, 0) is 25.7 Å². The first-order valence-electron chi connectivity index (χ1n) is 7.15. The van der Waals surface area contributed by atoms with Gasteiger partial charge < -0.3 is 10.1 Å². The van der Waals surface area contributed by atoms with Gasteiger partial charge in [0.25, 0.3) is 0 Å². The molecule has 1 saturated carbocycles. The Hall–Kier alpha value is -1.68. The summed E-state index contributed by atoms with van der Waals surface area (Å²) in [4.78, 5) is 23.6. The lowest BCUT2D eigenvalue weighted by molar-refractivity contribution is -0.124. The van der Waals surface area contributed by atoms with Crippen LogP contribution in [0.25, 0.3) is 0 Å². The summed E-state index contributed by atoms with van der Waals surface area (Å²) in [7, 11) is 0. The van der Waals surface area contributed by atoms with Crippen molar-refractivity contribution >= 4 is 11.7 Å². The molecule has 20 heavy (non-hydrogen) atoms. The van der Waals surface area contributed by atoms with Gasteiger partial charge in [0.05, 0.1) is 12.6 Å². The molecule has 0 unspecified atom stereocenters. The molecule has 0 heterocycles. The highest BCUT2D eigenvalue weighted by Crippen LogP contribution is 2.32. The fourth-order valence-electron chi connectivity index (χ4n) is 2.45. The topological polar surface area (TPSA) is 55.4 Å². The van der Waals surface area contributed by atoms with E-state index in [0.717, 1.165) is 19.4 Å². The van der Waals surface area contributed by atoms with Crippen molar-refractivity contribution in [2.24, 2.45) is 5.92 Å². The molecule has 0 aliphatic heterocycles. The third-order valence-electron chi connectivity index (χ3n) is 3.61. The Morgan fingerprint density at radius 2 is 1.95 bits per heavy atom. The van der Waals surface area contributed by atoms with E-state index < -0.39 is 0 Å². The summed E-state index contributed by atoms with van der Waals surface area (Å²) in [5.41, 5.74) is 0.632. The molecule has 1 aliphatic carbocycles. The molecule has 0 spiro atoms. The van der Waals surface area contributed by atoms with Crippen molar-refractivity contribution in [3.05, 3.63) is 35.9 Å². The number of amides is 1. The maximum atomic E-state index is 11.8. The Kier molecular flexibility index (Phi) is 5.30. The average Bonchev–Trinajstić information content (AvgIpc) is 2.43. The highest BCUT2D eigenvalue weighted by molar-refractivity contribution is 5.99. The molecule has 0 atom stereocenters. The molecule has 0 bridgehead atoms. The highest BCUT2D eigenvalue weighted by atomic mass is 16.5. The molecule has 1 fully saturated rings. The van der Waals surface area contributed by atoms with E-state index in [1.807, 2.05) is 25.1 Å². The van der Waals surface area contributed by atoms with Crippen LogP contribution in [-0.2, 0) is 9.53 Å². The lowest BCUT2D eigenvalue weighted by Gasteiger charge is -2.34. The predicted molar refractivity (Wildman–Crippen MR) is 76.5 cm³/mol. The molecule has 1 amide bonds. The Morgan fingerprint density at radius 3 is 2.60 bits per heavy atom. The fourth-order valence-corrected chi connectivity index (χ4v) is 2.45. The minimum Gasteiger partial charge on any atom is -0.378 e. The van der Waals surface area contributed by atoms with Crippen molar-refractivity contribution in [1.82, 2.24) is 5.32 Å². The van der Waals surface area contributed by atoms with Crippen LogP contribution in [0.15, 0.2) is 30.3 Å². The number of benzene rings is 1. The fraction of sp³-hybridized carbons (Fsp3) is 0.500. The number of nitrogens with one attached hydrogen (secondary N) is 1. The van der Waals surface area contributed by atoms with Crippen LogP contribution in [-0.4, -0.2) is 30.9 Å². The van der Waals surface area contributed by atoms with Gasteiger partial charge in [-0.1, -0.05) is 30.3 Å². The molecule has 2 rings (SSSR count). The van der Waals surface area contributed by atoms with Crippen molar-refractivity contribution < 1.29 is 14.3 Å². The minimum atomic E-state index is -0.0558. The number of Topliss-reactive ketones (excluding diaryl/α,β-unsaturated/α-hetero) is 1. The van der Waals surface area contributed by atoms with Gasteiger partial charge in [-0.15, -0.1) is 0 Å². The molecular weight excluding hydrogens is 254 g/mol. The third kappa shape index (κ3) is 4.17. The summed E-state index contributed by atoms with van der Waals surface area (Å²) in [5.74, 6) is 0.298. The minimum absolute atomic E-state index is 0.0470. The van der Waals surface area contributed by atoms with E-state index in [4.69, 9.17) is 4.74 Å². The third-order valence-corrected chi connectivity index (χ3v) is 3.61. The maximum Gasteiger partial charge on any atom is 0.220 e. The van der Waals surface area contributed by atoms with Crippen LogP contribution in [0.2, 0.25) is 0 Å². The number of ketones is 1. The van der Waals surface area contributed by atoms with E-state index in [9.17, 15) is 9.59 Å². The summed E-state index contributed by atoms with van der Waals surface area (Å²) in [6.07, 6.45) is 2.72. The Balaban J connectivity index is 1.65. The molecule has 1 aliphatic rings. The average molecular weight is 275 g/mol. The molecule has 1 N–H and O–H groups in total. The van der Waals surface area contributed by atoms with Gasteiger partial charge in [-0.2, -0.15) is 0 Å². The molecule has 1 aromatic rings. The van der Waals surface area contributed by atoms with Crippen LogP contribution in [0, 0.1) is 5.92 Å². The predicted octanol–water partition coefficient (Wildman–Crippen LogP) is 2.19. The SMILES string of the molecule is CCOC1CC(CC(=O)NCC(=O)c2ccccc2)C1. The number of hydrogen-bond acceptors (Lipinski definition) is 3. The molecule has 0 saturated heterocycles. The van der Waals surface area contributed by atoms with E-state index in [0.29, 0.717) is 24.0 Å². The van der Waals surface area contributed by atoms with Crippen molar-refractivity contribution in [2.45, 2.75) is 32.3 Å². The van der Waals surface area contributed by atoms with Crippen molar-refractivity contribution in [3.63, 3.8) is 0 Å². The second kappa shape index (κ2) is 7.20. The summed E-state index contributed by atoms with van der Waals surface area (Å²) >= 11 is 0. The zero-order valence-corrected chi connectivity index (χ0v) is 11.8. The smallest absolute Gasteiger partial charge is 0.220 e. The van der Waals surface area contributed by atoms with Crippen LogP contribution >= 0.6 is 0 Å². The zero-order valence-electron chi connectivity index (χ0n) is 11.8. The van der Waals surface area contributed by atoms with Crippen LogP contribution in [0.5, 0.6) is 0 Å². The molecule has 4 nitrogen and oxygen atoms in total. The summed E-state index contributed by atoms with van der Waals surface area (Å²) in [6.45, 7) is 2.79. The molecule has 108 valence electrons. The van der Waals surface area contributed by atoms with E-state index >= 15 is 0 Å². The monoisotopic (exact) mass is 275 g/mol. The molecule has 1 aromatic carbocycles. The first-order chi connectivity index (χ1) is 9.69. The lowest BCUT2D eigenvalue weighted by atomic mass is 9.80. The number of hydrogen-bond donors (Lipinski definition) is 1. The number of ether oxygens (including phenoxy) is 1. The highest BCUT2D eigenvalue weighted by Gasteiger charge is 2.30. The normalized spacial score (nSPS) is 21.1. The van der Waals surface area contributed by atoms with Crippen molar-refractivity contribution in [3.8, 4) is 0 Å². The van der Waals surface area contributed by atoms with Gasteiger partial charge in [0.15, 0.2) is 5.78 Å². The molecule has 4 heteroatoms. The zero-order chi connectivity index (χ0) is 14.4. The Labute approximate surface area is 119 Å². The van der Waals surface area contributed by atoms with Gasteiger partial charge in [-0.25, -0.2) is 0 Å². The van der Waals surface area contributed by atoms with Gasteiger partial charge in [0, 0.05) is 18.6 Å². The molecule has 0 aromatic heterocycles. The largest absolute Gasteiger partial charge is 0.378 e. The van der Waals surface area contributed by atoms with Crippen LogP contribution in [0.1, 0.15) is 36.5 Å². The lowest BCUT2D eigenvalue weighted by Crippen LogP contribution is -2.37. The van der Waals surface area contributed by atoms with E-state index in [1.54, 1.807) is 12.1 Å². The van der Waals surface area contributed by atoms with E-state index in [-0.39, 0.29) is 18.2 Å². The number of carbonyl (C=O) groups excluding carboxylic acids is 2. The first-order valence-corrected chi connectivity index (χ1v) is 7.15. The molecule has 0 radical (unpaired) electrons. The van der Waals surface area contributed by atoms with Crippen LogP contribution in [0.4, 0.5) is 0 Å². The Morgan fingerprint density at radius 1 is 1.25 bits per heavy atom. The van der Waals surface area contributed by atoms with Crippen molar-refractivity contribution in [1.29, 1.82) is 0 Å². The number of carbonyl (C=O) groups is 2. The second-order valence-corrected chi connectivity index (χ2v) is 5.18. The quantitative estimate of drug-likeness (QED) is 0.776. The standard InChI is InChI=1S/C16H21NO3/c1-2-20-14-8-12(9-14)10-16(19)17-11-15(18)13-6-4-3-5-7-13/h3-7,12,14H,2,8-11H2,1H3,(H,17,19). The first kappa shape index (κ1) is 14.7. The maximum absolute atomic E-state index is 11.8. The van der Waals surface area contributed by atoms with Gasteiger partial charge in [0.2, 0.25) is 5.91 Å². The van der Waals surface area contributed by atoms with E-state index in [2.05, 4.69) is 5.32 Å². The van der Waals surface area contributed by atoms with Crippen LogP contribution in [0.3, 0.4) is 0 Å².